The van der Waals surface area contributed by atoms with Gasteiger partial charge in [0.1, 0.15) is 5.75 Å². The molecule has 0 radical (unpaired) electrons. The van der Waals surface area contributed by atoms with Gasteiger partial charge >= 0.3 is 0 Å². The number of nitrogen functional groups attached to an aromatic ring is 1. The van der Waals surface area contributed by atoms with Crippen molar-refractivity contribution in [3.63, 3.8) is 0 Å². The van der Waals surface area contributed by atoms with E-state index in [1.165, 1.54) is 0 Å². The van der Waals surface area contributed by atoms with Crippen molar-refractivity contribution >= 4 is 5.69 Å². The second-order valence-electron chi connectivity index (χ2n) is 4.01. The maximum Gasteiger partial charge on any atom is 0.231 e. The van der Waals surface area contributed by atoms with Crippen LogP contribution in [0.1, 0.15) is 5.56 Å². The van der Waals surface area contributed by atoms with Gasteiger partial charge in [0.25, 0.3) is 0 Å². The van der Waals surface area contributed by atoms with Crippen molar-refractivity contribution < 1.29 is 14.2 Å². The summed E-state index contributed by atoms with van der Waals surface area (Å²) in [6.07, 6.45) is 1.56. The highest BCUT2D eigenvalue weighted by Crippen LogP contribution is 2.36. The summed E-state index contributed by atoms with van der Waals surface area (Å²) in [5.41, 5.74) is 7.14. The molecule has 5 heteroatoms. The van der Waals surface area contributed by atoms with Gasteiger partial charge in [0.15, 0.2) is 11.5 Å². The molecule has 1 aliphatic heterocycles. The van der Waals surface area contributed by atoms with Crippen LogP contribution in [0.15, 0.2) is 30.5 Å². The molecule has 92 valence electrons. The van der Waals surface area contributed by atoms with Crippen LogP contribution in [-0.2, 0) is 0 Å². The quantitative estimate of drug-likeness (QED) is 0.879. The number of aromatic nitrogens is 1. The summed E-state index contributed by atoms with van der Waals surface area (Å²) in [6.45, 7) is 2.14. The highest BCUT2D eigenvalue weighted by atomic mass is 16.7. The van der Waals surface area contributed by atoms with Crippen LogP contribution in [0.25, 0.3) is 0 Å². The summed E-state index contributed by atoms with van der Waals surface area (Å²) in [5, 5.41) is 0. The van der Waals surface area contributed by atoms with Crippen LogP contribution in [0.3, 0.4) is 0 Å². The van der Waals surface area contributed by atoms with Gasteiger partial charge in [-0.15, -0.1) is 0 Å². The first-order chi connectivity index (χ1) is 8.72. The Balaban J connectivity index is 1.88. The Morgan fingerprint density at radius 3 is 2.89 bits per heavy atom. The van der Waals surface area contributed by atoms with Gasteiger partial charge in [-0.05, 0) is 25.1 Å². The first-order valence-electron chi connectivity index (χ1n) is 5.52. The lowest BCUT2D eigenvalue weighted by Crippen LogP contribution is -1.94. The van der Waals surface area contributed by atoms with Crippen LogP contribution < -0.4 is 19.9 Å². The third kappa shape index (κ3) is 1.90. The molecular weight excluding hydrogens is 232 g/mol. The topological polar surface area (TPSA) is 66.6 Å². The number of rotatable bonds is 2. The summed E-state index contributed by atoms with van der Waals surface area (Å²) in [4.78, 5) is 4.15. The molecule has 0 spiro atoms. The number of hydrogen-bond donors (Lipinski definition) is 1. The lowest BCUT2D eigenvalue weighted by molar-refractivity contribution is 0.174. The summed E-state index contributed by atoms with van der Waals surface area (Å²) >= 11 is 0. The molecule has 1 aromatic carbocycles. The fraction of sp³-hybridized carbons (Fsp3) is 0.154. The van der Waals surface area contributed by atoms with Crippen LogP contribution in [0.4, 0.5) is 5.69 Å². The summed E-state index contributed by atoms with van der Waals surface area (Å²) in [5.74, 6) is 2.59. The minimum absolute atomic E-state index is 0.248. The van der Waals surface area contributed by atoms with Crippen LogP contribution in [-0.4, -0.2) is 11.8 Å². The third-order valence-electron chi connectivity index (χ3n) is 2.61. The predicted octanol–water partition coefficient (Wildman–Crippen LogP) is 2.49. The largest absolute Gasteiger partial charge is 0.454 e. The van der Waals surface area contributed by atoms with Crippen LogP contribution in [0, 0.1) is 6.92 Å². The van der Waals surface area contributed by atoms with Crippen LogP contribution in [0.2, 0.25) is 0 Å². The Morgan fingerprint density at radius 1 is 1.22 bits per heavy atom. The van der Waals surface area contributed by atoms with Crippen molar-refractivity contribution in [1.29, 1.82) is 0 Å². The summed E-state index contributed by atoms with van der Waals surface area (Å²) < 4.78 is 16.2. The molecule has 0 bridgehead atoms. The van der Waals surface area contributed by atoms with E-state index in [2.05, 4.69) is 4.98 Å². The number of nitrogens with two attached hydrogens (primary N) is 1. The van der Waals surface area contributed by atoms with E-state index in [0.717, 1.165) is 11.3 Å². The van der Waals surface area contributed by atoms with Gasteiger partial charge in [0.05, 0.1) is 11.9 Å². The zero-order valence-electron chi connectivity index (χ0n) is 9.84. The number of pyridine rings is 1. The van der Waals surface area contributed by atoms with E-state index in [1.807, 2.05) is 25.1 Å². The van der Waals surface area contributed by atoms with Gasteiger partial charge in [-0.2, -0.15) is 0 Å². The Hall–Kier alpha value is -2.43. The minimum Gasteiger partial charge on any atom is -0.454 e. The summed E-state index contributed by atoms with van der Waals surface area (Å²) in [6, 6.07) is 7.21. The van der Waals surface area contributed by atoms with E-state index in [0.29, 0.717) is 23.1 Å². The number of benzene rings is 1. The molecule has 0 unspecified atom stereocenters. The van der Waals surface area contributed by atoms with Crippen molar-refractivity contribution in [2.24, 2.45) is 0 Å². The molecule has 18 heavy (non-hydrogen) atoms. The smallest absolute Gasteiger partial charge is 0.231 e. The Kier molecular flexibility index (Phi) is 2.44. The van der Waals surface area contributed by atoms with E-state index >= 15 is 0 Å². The van der Waals surface area contributed by atoms with Crippen molar-refractivity contribution in [2.75, 3.05) is 12.5 Å². The number of ether oxygens (including phenoxy) is 3. The molecule has 0 aliphatic carbocycles. The average molecular weight is 244 g/mol. The molecule has 0 amide bonds. The minimum atomic E-state index is 0.248. The molecule has 3 rings (SSSR count). The molecule has 0 fully saturated rings. The second kappa shape index (κ2) is 4.10. The molecule has 1 aromatic heterocycles. The number of hydrogen-bond acceptors (Lipinski definition) is 5. The van der Waals surface area contributed by atoms with Gasteiger partial charge in [0.2, 0.25) is 12.7 Å². The Labute approximate surface area is 104 Å². The van der Waals surface area contributed by atoms with E-state index < -0.39 is 0 Å². The molecule has 2 heterocycles. The van der Waals surface area contributed by atoms with Crippen LogP contribution in [0.5, 0.6) is 23.1 Å². The van der Waals surface area contributed by atoms with Crippen molar-refractivity contribution in [3.05, 3.63) is 36.0 Å². The molecule has 1 aliphatic rings. The lowest BCUT2D eigenvalue weighted by Gasteiger charge is -2.08. The SMILES string of the molecule is Cc1cc(N)cnc1Oc1ccc2c(c1)OCO2. The fourth-order valence-corrected chi connectivity index (χ4v) is 1.74. The molecular formula is C13H12N2O3. The lowest BCUT2D eigenvalue weighted by atomic mass is 10.2. The summed E-state index contributed by atoms with van der Waals surface area (Å²) in [7, 11) is 0. The molecule has 2 aromatic rings. The maximum absolute atomic E-state index is 5.69. The van der Waals surface area contributed by atoms with E-state index in [9.17, 15) is 0 Å². The van der Waals surface area contributed by atoms with Crippen molar-refractivity contribution in [2.45, 2.75) is 6.92 Å². The van der Waals surface area contributed by atoms with Crippen molar-refractivity contribution in [3.8, 4) is 23.1 Å². The molecule has 0 atom stereocenters. The monoisotopic (exact) mass is 244 g/mol. The van der Waals surface area contributed by atoms with Gasteiger partial charge < -0.3 is 19.9 Å². The zero-order valence-corrected chi connectivity index (χ0v) is 9.84. The number of anilines is 1. The van der Waals surface area contributed by atoms with Crippen molar-refractivity contribution in [1.82, 2.24) is 4.98 Å². The number of aryl methyl sites for hydroxylation is 1. The zero-order chi connectivity index (χ0) is 12.5. The van der Waals surface area contributed by atoms with Crippen LogP contribution >= 0.6 is 0 Å². The van der Waals surface area contributed by atoms with Gasteiger partial charge in [-0.25, -0.2) is 4.98 Å². The first-order valence-corrected chi connectivity index (χ1v) is 5.52. The molecule has 5 nitrogen and oxygen atoms in total. The number of fused-ring (bicyclic) bond motifs is 1. The Bertz CT molecular complexity index is 599. The standard InChI is InChI=1S/C13H12N2O3/c1-8-4-9(14)6-15-13(8)18-10-2-3-11-12(5-10)17-7-16-11/h2-6H,7,14H2,1H3. The van der Waals surface area contributed by atoms with E-state index in [1.54, 1.807) is 12.3 Å². The third-order valence-corrected chi connectivity index (χ3v) is 2.61. The van der Waals surface area contributed by atoms with E-state index in [-0.39, 0.29) is 6.79 Å². The van der Waals surface area contributed by atoms with Gasteiger partial charge in [-0.3, -0.25) is 0 Å². The maximum atomic E-state index is 5.69. The van der Waals surface area contributed by atoms with Gasteiger partial charge in [-0.1, -0.05) is 0 Å². The second-order valence-corrected chi connectivity index (χ2v) is 4.01. The number of nitrogens with zero attached hydrogens (tertiary/aromatic N) is 1. The van der Waals surface area contributed by atoms with Gasteiger partial charge in [0, 0.05) is 11.6 Å². The molecule has 0 saturated carbocycles. The molecule has 2 N–H and O–H groups in total. The normalized spacial score (nSPS) is 12.5. The fourth-order valence-electron chi connectivity index (χ4n) is 1.74. The molecule has 0 saturated heterocycles. The highest BCUT2D eigenvalue weighted by Gasteiger charge is 2.14. The predicted molar refractivity (Wildman–Crippen MR) is 66.0 cm³/mol. The Morgan fingerprint density at radius 2 is 2.06 bits per heavy atom. The van der Waals surface area contributed by atoms with E-state index in [4.69, 9.17) is 19.9 Å². The highest BCUT2D eigenvalue weighted by molar-refractivity contribution is 5.49. The first kappa shape index (κ1) is 10.7. The average Bonchev–Trinajstić information content (AvgIpc) is 2.80.